The third-order valence-electron chi connectivity index (χ3n) is 1.76. The Morgan fingerprint density at radius 1 is 1.27 bits per heavy atom. The molecule has 0 aliphatic carbocycles. The number of hydrogen-bond donors (Lipinski definition) is 0. The number of halogens is 5. The molecule has 0 atom stereocenters. The first-order valence-electron chi connectivity index (χ1n) is 3.71. The van der Waals surface area contributed by atoms with Crippen molar-refractivity contribution in [1.82, 2.24) is 4.98 Å². The lowest BCUT2D eigenvalue weighted by Gasteiger charge is -2.06. The molecule has 0 spiro atoms. The van der Waals surface area contributed by atoms with Crippen LogP contribution >= 0.6 is 11.6 Å². The van der Waals surface area contributed by atoms with Crippen molar-refractivity contribution >= 4 is 22.7 Å². The minimum atomic E-state index is -4.77. The van der Waals surface area contributed by atoms with Crippen LogP contribution in [0.5, 0.6) is 0 Å². The average molecular weight is 240 g/mol. The smallest absolute Gasteiger partial charge is 0.419 e. The maximum absolute atomic E-state index is 13.0. The van der Waals surface area contributed by atoms with E-state index < -0.39 is 17.6 Å². The van der Waals surface area contributed by atoms with Gasteiger partial charge in [-0.3, -0.25) is 0 Å². The lowest BCUT2D eigenvalue weighted by atomic mass is 10.2. The molecule has 0 N–H and O–H groups in total. The van der Waals surface area contributed by atoms with Gasteiger partial charge < -0.3 is 4.42 Å². The number of rotatable bonds is 0. The van der Waals surface area contributed by atoms with E-state index in [0.717, 1.165) is 0 Å². The monoisotopic (exact) mass is 239 g/mol. The van der Waals surface area contributed by atoms with Crippen molar-refractivity contribution in [3.05, 3.63) is 28.9 Å². The van der Waals surface area contributed by atoms with Gasteiger partial charge in [0.05, 0.1) is 5.56 Å². The number of alkyl halides is 3. The van der Waals surface area contributed by atoms with Crippen LogP contribution in [0.25, 0.3) is 11.1 Å². The number of hydrogen-bond acceptors (Lipinski definition) is 2. The lowest BCUT2D eigenvalue weighted by Crippen LogP contribution is -2.07. The second-order valence-electron chi connectivity index (χ2n) is 2.76. The highest BCUT2D eigenvalue weighted by Gasteiger charge is 2.35. The highest BCUT2D eigenvalue weighted by Crippen LogP contribution is 2.34. The van der Waals surface area contributed by atoms with Gasteiger partial charge in [0.2, 0.25) is 0 Å². The second-order valence-corrected chi connectivity index (χ2v) is 3.09. The van der Waals surface area contributed by atoms with E-state index in [2.05, 4.69) is 9.40 Å². The molecule has 0 saturated heterocycles. The van der Waals surface area contributed by atoms with Gasteiger partial charge in [0.15, 0.2) is 5.58 Å². The van der Waals surface area contributed by atoms with Crippen LogP contribution in [-0.4, -0.2) is 4.98 Å². The molecule has 0 fully saturated rings. The first-order valence-corrected chi connectivity index (χ1v) is 4.08. The fraction of sp³-hybridized carbons (Fsp3) is 0.125. The molecule has 2 nitrogen and oxygen atoms in total. The molecule has 0 saturated carbocycles. The van der Waals surface area contributed by atoms with Crippen LogP contribution in [-0.2, 0) is 6.18 Å². The van der Waals surface area contributed by atoms with Crippen molar-refractivity contribution in [2.75, 3.05) is 0 Å². The molecule has 7 heteroatoms. The maximum atomic E-state index is 13.0. The predicted octanol–water partition coefficient (Wildman–Crippen LogP) is 3.64. The molecule has 2 aromatic rings. The summed E-state index contributed by atoms with van der Waals surface area (Å²) in [7, 11) is 0. The Bertz CT molecular complexity index is 519. The number of oxazole rings is 1. The second kappa shape index (κ2) is 3.10. The van der Waals surface area contributed by atoms with Crippen LogP contribution < -0.4 is 0 Å². The zero-order valence-electron chi connectivity index (χ0n) is 6.90. The molecule has 0 bridgehead atoms. The molecule has 0 radical (unpaired) electrons. The third-order valence-corrected chi connectivity index (χ3v) is 1.92. The largest absolute Gasteiger partial charge is 0.428 e. The van der Waals surface area contributed by atoms with Crippen LogP contribution in [0, 0.1) is 5.82 Å². The van der Waals surface area contributed by atoms with Gasteiger partial charge in [-0.15, -0.1) is 0 Å². The van der Waals surface area contributed by atoms with Gasteiger partial charge >= 0.3 is 6.18 Å². The highest BCUT2D eigenvalue weighted by molar-refractivity contribution is 6.28. The first-order chi connectivity index (χ1) is 6.88. The number of benzene rings is 1. The number of nitrogens with zero attached hydrogens (tertiary/aromatic N) is 1. The molecular formula is C8H2ClF4NO. The van der Waals surface area contributed by atoms with Crippen LogP contribution in [0.1, 0.15) is 5.56 Å². The summed E-state index contributed by atoms with van der Waals surface area (Å²) in [6, 6.07) is 1.16. The molecule has 1 aromatic heterocycles. The Balaban J connectivity index is 2.72. The van der Waals surface area contributed by atoms with E-state index in [1.54, 1.807) is 0 Å². The lowest BCUT2D eigenvalue weighted by molar-refractivity contribution is -0.139. The van der Waals surface area contributed by atoms with Crippen LogP contribution in [0.15, 0.2) is 16.5 Å². The Morgan fingerprint density at radius 2 is 1.93 bits per heavy atom. The Morgan fingerprint density at radius 3 is 2.53 bits per heavy atom. The normalized spacial score (nSPS) is 12.3. The summed E-state index contributed by atoms with van der Waals surface area (Å²) in [6.45, 7) is 0. The third kappa shape index (κ3) is 1.77. The minimum absolute atomic E-state index is 0.0505. The fourth-order valence-corrected chi connectivity index (χ4v) is 1.31. The quantitative estimate of drug-likeness (QED) is 0.656. The van der Waals surface area contributed by atoms with Gasteiger partial charge in [0, 0.05) is 6.07 Å². The number of fused-ring (bicyclic) bond motifs is 1. The van der Waals surface area contributed by atoms with Crippen LogP contribution in [0.4, 0.5) is 17.6 Å². The van der Waals surface area contributed by atoms with Gasteiger partial charge in [0.1, 0.15) is 11.3 Å². The first kappa shape index (κ1) is 10.2. The van der Waals surface area contributed by atoms with Crippen molar-refractivity contribution in [3.63, 3.8) is 0 Å². The van der Waals surface area contributed by atoms with E-state index in [4.69, 9.17) is 11.6 Å². The summed E-state index contributed by atoms with van der Waals surface area (Å²) in [6.07, 6.45) is -4.77. The highest BCUT2D eigenvalue weighted by atomic mass is 35.5. The van der Waals surface area contributed by atoms with Gasteiger partial charge in [-0.1, -0.05) is 0 Å². The van der Waals surface area contributed by atoms with Gasteiger partial charge in [-0.25, -0.2) is 4.39 Å². The Hall–Kier alpha value is -1.30. The van der Waals surface area contributed by atoms with Gasteiger partial charge in [-0.05, 0) is 17.7 Å². The topological polar surface area (TPSA) is 26.0 Å². The summed E-state index contributed by atoms with van der Waals surface area (Å²) in [5.74, 6) is -1.40. The predicted molar refractivity (Wildman–Crippen MR) is 44.0 cm³/mol. The van der Waals surface area contributed by atoms with E-state index in [1.807, 2.05) is 0 Å². The molecular weight excluding hydrogens is 238 g/mol. The molecule has 1 heterocycles. The van der Waals surface area contributed by atoms with E-state index in [0.29, 0.717) is 12.1 Å². The standard InChI is InChI=1S/C8H2ClF4NO/c9-7-14-5-2-4(10)3(8(11,12)13)1-6(5)15-7/h1-2H. The van der Waals surface area contributed by atoms with Crippen molar-refractivity contribution in [1.29, 1.82) is 0 Å². The van der Waals surface area contributed by atoms with Crippen LogP contribution in [0.2, 0.25) is 5.35 Å². The van der Waals surface area contributed by atoms with E-state index in [9.17, 15) is 17.6 Å². The molecule has 0 aliphatic heterocycles. The SMILES string of the molecule is Fc1cc2nc(Cl)oc2cc1C(F)(F)F. The summed E-state index contributed by atoms with van der Waals surface area (Å²) in [5.41, 5.74) is -1.65. The Labute approximate surface area is 85.5 Å². The van der Waals surface area contributed by atoms with Gasteiger partial charge in [0.25, 0.3) is 5.35 Å². The van der Waals surface area contributed by atoms with Crippen molar-refractivity contribution in [2.45, 2.75) is 6.18 Å². The van der Waals surface area contributed by atoms with E-state index >= 15 is 0 Å². The molecule has 1 aromatic carbocycles. The van der Waals surface area contributed by atoms with Crippen molar-refractivity contribution in [2.24, 2.45) is 0 Å². The summed E-state index contributed by atoms with van der Waals surface area (Å²) in [4.78, 5) is 3.49. The van der Waals surface area contributed by atoms with E-state index in [1.165, 1.54) is 0 Å². The Kier molecular flexibility index (Phi) is 2.11. The summed E-state index contributed by atoms with van der Waals surface area (Å²) < 4.78 is 54.4. The number of aromatic nitrogens is 1. The minimum Gasteiger partial charge on any atom is -0.428 e. The molecule has 0 unspecified atom stereocenters. The maximum Gasteiger partial charge on any atom is 0.419 e. The van der Waals surface area contributed by atoms with Crippen LogP contribution in [0.3, 0.4) is 0 Å². The fourth-order valence-electron chi connectivity index (χ4n) is 1.14. The molecule has 2 rings (SSSR count). The molecule has 0 amide bonds. The molecule has 0 aliphatic rings. The van der Waals surface area contributed by atoms with Crippen molar-refractivity contribution < 1.29 is 22.0 Å². The van der Waals surface area contributed by atoms with Crippen molar-refractivity contribution in [3.8, 4) is 0 Å². The molecule has 80 valence electrons. The summed E-state index contributed by atoms with van der Waals surface area (Å²) >= 11 is 5.32. The zero-order valence-corrected chi connectivity index (χ0v) is 7.66. The van der Waals surface area contributed by atoms with E-state index in [-0.39, 0.29) is 16.4 Å². The van der Waals surface area contributed by atoms with Gasteiger partial charge in [-0.2, -0.15) is 18.2 Å². The molecule has 15 heavy (non-hydrogen) atoms. The zero-order chi connectivity index (χ0) is 11.2. The summed E-state index contributed by atoms with van der Waals surface area (Å²) in [5, 5.41) is -0.330. The average Bonchev–Trinajstić information content (AvgIpc) is 2.40.